The fourth-order valence-electron chi connectivity index (χ4n) is 3.96. The Balaban J connectivity index is 1.77. The maximum atomic E-state index is 13.0. The van der Waals surface area contributed by atoms with Gasteiger partial charge in [-0.25, -0.2) is 0 Å². The number of hydrogen-bond donors (Lipinski definition) is 1. The fraction of sp³-hybridized carbons (Fsp3) is 0.333. The molecule has 1 N–H and O–H groups in total. The number of rotatable bonds is 4. The minimum atomic E-state index is -0.501. The van der Waals surface area contributed by atoms with E-state index in [1.165, 1.54) is 0 Å². The first-order valence-corrected chi connectivity index (χ1v) is 10.0. The SMILES string of the molecule is CCc1ccccc1NC(=O)c1oc2ccc3c(c2c1C)C(=O)CC(C)(CC)O3. The third-order valence-corrected chi connectivity index (χ3v) is 5.83. The molecule has 1 aliphatic rings. The highest BCUT2D eigenvalue weighted by Gasteiger charge is 2.37. The van der Waals surface area contributed by atoms with Gasteiger partial charge >= 0.3 is 0 Å². The monoisotopic (exact) mass is 391 g/mol. The van der Waals surface area contributed by atoms with E-state index in [2.05, 4.69) is 5.32 Å². The summed E-state index contributed by atoms with van der Waals surface area (Å²) in [5.74, 6) is 0.477. The van der Waals surface area contributed by atoms with Crippen LogP contribution in [0.25, 0.3) is 11.0 Å². The molecule has 1 amide bonds. The summed E-state index contributed by atoms with van der Waals surface area (Å²) in [5, 5.41) is 3.61. The van der Waals surface area contributed by atoms with Crippen LogP contribution in [0.3, 0.4) is 0 Å². The Morgan fingerprint density at radius 3 is 2.66 bits per heavy atom. The minimum Gasteiger partial charge on any atom is -0.486 e. The lowest BCUT2D eigenvalue weighted by atomic mass is 9.87. The van der Waals surface area contributed by atoms with Crippen molar-refractivity contribution < 1.29 is 18.7 Å². The van der Waals surface area contributed by atoms with Gasteiger partial charge in [0.15, 0.2) is 11.5 Å². The van der Waals surface area contributed by atoms with Crippen molar-refractivity contribution in [1.82, 2.24) is 0 Å². The molecule has 0 bridgehead atoms. The number of furan rings is 1. The minimum absolute atomic E-state index is 0.0217. The number of aryl methyl sites for hydroxylation is 2. The number of Topliss-reactive ketones (excluding diaryl/α,β-unsaturated/α-hetero) is 1. The topological polar surface area (TPSA) is 68.5 Å². The second kappa shape index (κ2) is 7.07. The number of para-hydroxylation sites is 1. The van der Waals surface area contributed by atoms with E-state index in [4.69, 9.17) is 9.15 Å². The second-order valence-corrected chi connectivity index (χ2v) is 7.84. The molecule has 1 aliphatic heterocycles. The van der Waals surface area contributed by atoms with Gasteiger partial charge in [0.05, 0.1) is 12.0 Å². The summed E-state index contributed by atoms with van der Waals surface area (Å²) in [7, 11) is 0. The zero-order chi connectivity index (χ0) is 20.8. The van der Waals surface area contributed by atoms with Crippen molar-refractivity contribution in [3.8, 4) is 5.75 Å². The number of carbonyl (C=O) groups is 2. The van der Waals surface area contributed by atoms with Gasteiger partial charge in [-0.2, -0.15) is 0 Å². The van der Waals surface area contributed by atoms with Crippen LogP contribution in [0.4, 0.5) is 5.69 Å². The fourth-order valence-corrected chi connectivity index (χ4v) is 3.96. The summed E-state index contributed by atoms with van der Waals surface area (Å²) in [6, 6.07) is 11.2. The second-order valence-electron chi connectivity index (χ2n) is 7.84. The van der Waals surface area contributed by atoms with Crippen LogP contribution in [-0.2, 0) is 6.42 Å². The molecule has 4 rings (SSSR count). The highest BCUT2D eigenvalue weighted by atomic mass is 16.5. The van der Waals surface area contributed by atoms with Crippen LogP contribution < -0.4 is 10.1 Å². The molecule has 0 saturated carbocycles. The molecule has 5 nitrogen and oxygen atoms in total. The number of benzene rings is 2. The van der Waals surface area contributed by atoms with Gasteiger partial charge in [-0.15, -0.1) is 0 Å². The van der Waals surface area contributed by atoms with E-state index >= 15 is 0 Å². The van der Waals surface area contributed by atoms with Crippen molar-refractivity contribution in [2.45, 2.75) is 52.6 Å². The Morgan fingerprint density at radius 2 is 1.93 bits per heavy atom. The van der Waals surface area contributed by atoms with Gasteiger partial charge in [0.2, 0.25) is 0 Å². The zero-order valence-electron chi connectivity index (χ0n) is 17.2. The van der Waals surface area contributed by atoms with Crippen LogP contribution in [0.5, 0.6) is 5.75 Å². The number of ether oxygens (including phenoxy) is 1. The van der Waals surface area contributed by atoms with E-state index in [0.717, 1.165) is 24.1 Å². The van der Waals surface area contributed by atoms with Crippen LogP contribution in [0.15, 0.2) is 40.8 Å². The molecule has 1 atom stereocenters. The molecule has 150 valence electrons. The van der Waals surface area contributed by atoms with Crippen molar-refractivity contribution in [2.24, 2.45) is 0 Å². The van der Waals surface area contributed by atoms with Gasteiger partial charge < -0.3 is 14.5 Å². The third kappa shape index (κ3) is 3.20. The Morgan fingerprint density at radius 1 is 1.17 bits per heavy atom. The van der Waals surface area contributed by atoms with Crippen molar-refractivity contribution in [1.29, 1.82) is 0 Å². The summed E-state index contributed by atoms with van der Waals surface area (Å²) >= 11 is 0. The Bertz CT molecular complexity index is 1130. The van der Waals surface area contributed by atoms with Crippen molar-refractivity contribution in [3.05, 3.63) is 58.8 Å². The van der Waals surface area contributed by atoms with Crippen LogP contribution in [-0.4, -0.2) is 17.3 Å². The van der Waals surface area contributed by atoms with Gasteiger partial charge in [-0.05, 0) is 50.5 Å². The normalized spacial score (nSPS) is 18.4. The molecule has 1 aromatic heterocycles. The predicted molar refractivity (Wildman–Crippen MR) is 113 cm³/mol. The molecule has 0 fully saturated rings. The van der Waals surface area contributed by atoms with Crippen LogP contribution >= 0.6 is 0 Å². The summed E-state index contributed by atoms with van der Waals surface area (Å²) in [6.07, 6.45) is 1.86. The molecule has 1 unspecified atom stereocenters. The van der Waals surface area contributed by atoms with E-state index in [-0.39, 0.29) is 17.5 Å². The molecule has 5 heteroatoms. The van der Waals surface area contributed by atoms with Crippen molar-refractivity contribution in [3.63, 3.8) is 0 Å². The van der Waals surface area contributed by atoms with Gasteiger partial charge in [0.1, 0.15) is 16.9 Å². The molecule has 3 aromatic rings. The summed E-state index contributed by atoms with van der Waals surface area (Å²) in [4.78, 5) is 25.9. The smallest absolute Gasteiger partial charge is 0.291 e. The summed E-state index contributed by atoms with van der Waals surface area (Å²) in [6.45, 7) is 7.81. The van der Waals surface area contributed by atoms with E-state index in [9.17, 15) is 9.59 Å². The number of amides is 1. The summed E-state index contributed by atoms with van der Waals surface area (Å²) < 4.78 is 12.0. The first kappa shape index (κ1) is 19.2. The quantitative estimate of drug-likeness (QED) is 0.620. The molecule has 29 heavy (non-hydrogen) atoms. The van der Waals surface area contributed by atoms with E-state index in [0.29, 0.717) is 34.3 Å². The molecule has 0 spiro atoms. The third-order valence-electron chi connectivity index (χ3n) is 5.83. The zero-order valence-corrected chi connectivity index (χ0v) is 17.2. The number of carbonyl (C=O) groups excluding carboxylic acids is 2. The van der Waals surface area contributed by atoms with Crippen molar-refractivity contribution >= 4 is 28.3 Å². The molecule has 0 radical (unpaired) electrons. The highest BCUT2D eigenvalue weighted by molar-refractivity contribution is 6.14. The molecular formula is C24H25NO4. The highest BCUT2D eigenvalue weighted by Crippen LogP contribution is 2.41. The number of anilines is 1. The van der Waals surface area contributed by atoms with Crippen LogP contribution in [0.2, 0.25) is 0 Å². The lowest BCUT2D eigenvalue weighted by Crippen LogP contribution is -2.38. The van der Waals surface area contributed by atoms with Gasteiger partial charge in [-0.3, -0.25) is 9.59 Å². The van der Waals surface area contributed by atoms with Crippen LogP contribution in [0.1, 0.15) is 65.7 Å². The van der Waals surface area contributed by atoms with E-state index in [1.54, 1.807) is 12.1 Å². The summed E-state index contributed by atoms with van der Waals surface area (Å²) in [5.41, 5.74) is 3.00. The molecule has 2 heterocycles. The number of nitrogens with one attached hydrogen (secondary N) is 1. The van der Waals surface area contributed by atoms with Gasteiger partial charge in [0, 0.05) is 16.6 Å². The number of ketones is 1. The predicted octanol–water partition coefficient (Wildman–Crippen LogP) is 5.69. The molecular weight excluding hydrogens is 366 g/mol. The average molecular weight is 391 g/mol. The first-order chi connectivity index (χ1) is 13.9. The molecule has 0 aliphatic carbocycles. The standard InChI is InChI=1S/C24H25NO4/c1-5-15-9-7-8-10-16(15)25-23(27)22-14(3)20-18(28-22)11-12-19-21(20)17(26)13-24(4,6-2)29-19/h7-12H,5-6,13H2,1-4H3,(H,25,27). The van der Waals surface area contributed by atoms with Gasteiger partial charge in [0.25, 0.3) is 5.91 Å². The molecule has 2 aromatic carbocycles. The van der Waals surface area contributed by atoms with Crippen LogP contribution in [0, 0.1) is 6.92 Å². The van der Waals surface area contributed by atoms with E-state index < -0.39 is 5.60 Å². The average Bonchev–Trinajstić information content (AvgIpc) is 3.05. The first-order valence-electron chi connectivity index (χ1n) is 10.0. The molecule has 0 saturated heterocycles. The Hall–Kier alpha value is -3.08. The maximum Gasteiger partial charge on any atom is 0.291 e. The van der Waals surface area contributed by atoms with Crippen molar-refractivity contribution in [2.75, 3.05) is 5.32 Å². The van der Waals surface area contributed by atoms with Gasteiger partial charge in [-0.1, -0.05) is 32.0 Å². The number of fused-ring (bicyclic) bond motifs is 3. The Labute approximate surface area is 170 Å². The Kier molecular flexibility index (Phi) is 4.69. The lowest BCUT2D eigenvalue weighted by molar-refractivity contribution is 0.0503. The lowest BCUT2D eigenvalue weighted by Gasteiger charge is -2.34. The maximum absolute atomic E-state index is 13.0. The number of hydrogen-bond acceptors (Lipinski definition) is 4. The largest absolute Gasteiger partial charge is 0.486 e. The van der Waals surface area contributed by atoms with E-state index in [1.807, 2.05) is 52.0 Å².